The number of carboxylic acids is 1. The molecular weight excluding hydrogens is 388 g/mol. The molecule has 1 heterocycles. The number of carbonyl (C=O) groups is 1. The largest absolute Gasteiger partial charge is 0.478 e. The van der Waals surface area contributed by atoms with Crippen LogP contribution >= 0.6 is 0 Å². The number of aromatic nitrogens is 2. The minimum absolute atomic E-state index is 0.0479. The van der Waals surface area contributed by atoms with Gasteiger partial charge in [-0.15, -0.1) is 0 Å². The first-order valence-corrected chi connectivity index (χ1v) is 11.2. The summed E-state index contributed by atoms with van der Waals surface area (Å²) in [7, 11) is 0. The summed E-state index contributed by atoms with van der Waals surface area (Å²) in [6, 6.07) is 14.8. The van der Waals surface area contributed by atoms with Gasteiger partial charge >= 0.3 is 11.7 Å². The van der Waals surface area contributed by atoms with Crippen LogP contribution in [0.4, 0.5) is 0 Å². The third-order valence-corrected chi connectivity index (χ3v) is 5.96. The lowest BCUT2D eigenvalue weighted by Crippen LogP contribution is -2.26. The number of hydrogen-bond acceptors (Lipinski definition) is 2. The molecule has 0 aliphatic heterocycles. The quantitative estimate of drug-likeness (QED) is 0.424. The Hall–Kier alpha value is -3.08. The van der Waals surface area contributed by atoms with Gasteiger partial charge in [0.25, 0.3) is 0 Å². The van der Waals surface area contributed by atoms with E-state index in [0.717, 1.165) is 49.0 Å². The van der Waals surface area contributed by atoms with Crippen LogP contribution in [-0.2, 0) is 13.1 Å². The fraction of sp³-hybridized carbons (Fsp3) is 0.385. The molecule has 5 heteroatoms. The van der Waals surface area contributed by atoms with Gasteiger partial charge in [0.15, 0.2) is 0 Å². The number of hydrogen-bond donors (Lipinski definition) is 1. The summed E-state index contributed by atoms with van der Waals surface area (Å²) in [6.45, 7) is 7.74. The Balaban J connectivity index is 1.89. The van der Waals surface area contributed by atoms with E-state index in [1.54, 1.807) is 12.1 Å². The summed E-state index contributed by atoms with van der Waals surface area (Å²) in [4.78, 5) is 24.6. The van der Waals surface area contributed by atoms with E-state index in [0.29, 0.717) is 18.0 Å². The maximum Gasteiger partial charge on any atom is 0.336 e. The van der Waals surface area contributed by atoms with Crippen LogP contribution < -0.4 is 5.69 Å². The van der Waals surface area contributed by atoms with E-state index in [1.807, 2.05) is 51.7 Å². The smallest absolute Gasteiger partial charge is 0.336 e. The second-order valence-corrected chi connectivity index (χ2v) is 8.18. The van der Waals surface area contributed by atoms with Gasteiger partial charge < -0.3 is 5.11 Å². The van der Waals surface area contributed by atoms with Gasteiger partial charge in [0.05, 0.1) is 12.1 Å². The van der Waals surface area contributed by atoms with Crippen molar-refractivity contribution >= 4 is 5.97 Å². The molecule has 1 N–H and O–H groups in total. The summed E-state index contributed by atoms with van der Waals surface area (Å²) in [5.41, 5.74) is 3.98. The van der Waals surface area contributed by atoms with Crippen molar-refractivity contribution in [2.45, 2.75) is 65.5 Å². The van der Waals surface area contributed by atoms with E-state index in [9.17, 15) is 14.7 Å². The first-order chi connectivity index (χ1) is 15.0. The van der Waals surface area contributed by atoms with Crippen LogP contribution in [0.25, 0.3) is 11.1 Å². The maximum atomic E-state index is 13.1. The highest BCUT2D eigenvalue weighted by molar-refractivity contribution is 5.95. The Morgan fingerprint density at radius 3 is 2.39 bits per heavy atom. The molecule has 2 aromatic carbocycles. The third kappa shape index (κ3) is 5.16. The SMILES string of the molecule is CCCCCn1cc(C(C)CC)n(Cc2ccc(-c3ccccc3C(=O)O)cc2)c1=O. The van der Waals surface area contributed by atoms with Crippen molar-refractivity contribution in [1.29, 1.82) is 0 Å². The molecule has 0 radical (unpaired) electrons. The Bertz CT molecular complexity index is 1080. The molecule has 3 rings (SSSR count). The molecular formula is C26H32N2O3. The molecule has 0 amide bonds. The Morgan fingerprint density at radius 1 is 1.03 bits per heavy atom. The van der Waals surface area contributed by atoms with Crippen LogP contribution in [0.5, 0.6) is 0 Å². The van der Waals surface area contributed by atoms with Gasteiger partial charge in [0, 0.05) is 18.4 Å². The fourth-order valence-corrected chi connectivity index (χ4v) is 3.90. The normalized spacial score (nSPS) is 12.1. The second-order valence-electron chi connectivity index (χ2n) is 8.18. The van der Waals surface area contributed by atoms with Crippen LogP contribution in [0.2, 0.25) is 0 Å². The molecule has 1 aromatic heterocycles. The van der Waals surface area contributed by atoms with E-state index in [1.165, 1.54) is 0 Å². The summed E-state index contributed by atoms with van der Waals surface area (Å²) in [5.74, 6) is -0.629. The van der Waals surface area contributed by atoms with Crippen LogP contribution in [0, 0.1) is 0 Å². The number of unbranched alkanes of at least 4 members (excludes halogenated alkanes) is 2. The molecule has 31 heavy (non-hydrogen) atoms. The van der Waals surface area contributed by atoms with Crippen molar-refractivity contribution in [2.75, 3.05) is 0 Å². The lowest BCUT2D eigenvalue weighted by Gasteiger charge is -2.13. The standard InChI is InChI=1S/C26H32N2O3/c1-4-6-9-16-27-18-24(19(3)5-2)28(26(27)31)17-20-12-14-21(15-13-20)22-10-7-8-11-23(22)25(29)30/h7-8,10-15,18-19H,4-6,9,16-17H2,1-3H3,(H,29,30). The second kappa shape index (κ2) is 10.3. The summed E-state index contributed by atoms with van der Waals surface area (Å²) in [6.07, 6.45) is 6.27. The minimum atomic E-state index is -0.936. The van der Waals surface area contributed by atoms with Crippen molar-refractivity contribution in [3.63, 3.8) is 0 Å². The highest BCUT2D eigenvalue weighted by Gasteiger charge is 2.16. The number of aryl methyl sites for hydroxylation is 1. The van der Waals surface area contributed by atoms with Crippen LogP contribution in [0.3, 0.4) is 0 Å². The topological polar surface area (TPSA) is 64.2 Å². The summed E-state index contributed by atoms with van der Waals surface area (Å²) in [5, 5.41) is 9.45. The van der Waals surface area contributed by atoms with Crippen LogP contribution in [0.15, 0.2) is 59.5 Å². The van der Waals surface area contributed by atoms with E-state index in [-0.39, 0.29) is 11.3 Å². The van der Waals surface area contributed by atoms with Gasteiger partial charge in [-0.1, -0.05) is 76.1 Å². The Kier molecular flexibility index (Phi) is 7.50. The number of imidazole rings is 1. The zero-order chi connectivity index (χ0) is 22.4. The average Bonchev–Trinajstić information content (AvgIpc) is 3.09. The van der Waals surface area contributed by atoms with Crippen LogP contribution in [-0.4, -0.2) is 20.2 Å². The van der Waals surface area contributed by atoms with E-state index in [4.69, 9.17) is 0 Å². The first-order valence-electron chi connectivity index (χ1n) is 11.2. The van der Waals surface area contributed by atoms with Crippen molar-refractivity contribution in [1.82, 2.24) is 9.13 Å². The predicted molar refractivity (Wildman–Crippen MR) is 125 cm³/mol. The van der Waals surface area contributed by atoms with Gasteiger partial charge in [-0.3, -0.25) is 9.13 Å². The number of carboxylic acid groups (broad SMARTS) is 1. The van der Waals surface area contributed by atoms with Crippen molar-refractivity contribution in [2.24, 2.45) is 0 Å². The van der Waals surface area contributed by atoms with E-state index < -0.39 is 5.97 Å². The van der Waals surface area contributed by atoms with E-state index >= 15 is 0 Å². The molecule has 0 saturated carbocycles. The average molecular weight is 421 g/mol. The van der Waals surface area contributed by atoms with Gasteiger partial charge in [-0.25, -0.2) is 9.59 Å². The van der Waals surface area contributed by atoms with E-state index in [2.05, 4.69) is 20.8 Å². The number of aromatic carboxylic acids is 1. The molecule has 0 saturated heterocycles. The molecule has 0 aliphatic rings. The van der Waals surface area contributed by atoms with Crippen molar-refractivity contribution in [3.05, 3.63) is 82.0 Å². The van der Waals surface area contributed by atoms with Gasteiger partial charge in [-0.2, -0.15) is 0 Å². The van der Waals surface area contributed by atoms with Crippen molar-refractivity contribution < 1.29 is 9.90 Å². The minimum Gasteiger partial charge on any atom is -0.478 e. The zero-order valence-electron chi connectivity index (χ0n) is 18.7. The summed E-state index contributed by atoms with van der Waals surface area (Å²) < 4.78 is 3.74. The molecule has 0 aliphatic carbocycles. The third-order valence-electron chi connectivity index (χ3n) is 5.96. The lowest BCUT2D eigenvalue weighted by molar-refractivity contribution is 0.0697. The van der Waals surface area contributed by atoms with Crippen LogP contribution in [0.1, 0.15) is 74.0 Å². The number of nitrogens with zero attached hydrogens (tertiary/aromatic N) is 2. The zero-order valence-corrected chi connectivity index (χ0v) is 18.7. The molecule has 164 valence electrons. The van der Waals surface area contributed by atoms with Gasteiger partial charge in [-0.05, 0) is 41.5 Å². The Morgan fingerprint density at radius 2 is 1.74 bits per heavy atom. The highest BCUT2D eigenvalue weighted by Crippen LogP contribution is 2.25. The fourth-order valence-electron chi connectivity index (χ4n) is 3.90. The number of rotatable bonds is 10. The highest BCUT2D eigenvalue weighted by atomic mass is 16.4. The monoisotopic (exact) mass is 420 g/mol. The van der Waals surface area contributed by atoms with Crippen molar-refractivity contribution in [3.8, 4) is 11.1 Å². The first kappa shape index (κ1) is 22.6. The number of benzene rings is 2. The van der Waals surface area contributed by atoms with Gasteiger partial charge in [0.2, 0.25) is 0 Å². The maximum absolute atomic E-state index is 13.1. The summed E-state index contributed by atoms with van der Waals surface area (Å²) >= 11 is 0. The lowest BCUT2D eigenvalue weighted by atomic mass is 9.98. The molecule has 5 nitrogen and oxygen atoms in total. The molecule has 1 unspecified atom stereocenters. The molecule has 1 atom stereocenters. The molecule has 3 aromatic rings. The molecule has 0 spiro atoms. The van der Waals surface area contributed by atoms with Gasteiger partial charge in [0.1, 0.15) is 0 Å². The Labute approximate surface area is 184 Å². The predicted octanol–water partition coefficient (Wildman–Crippen LogP) is 5.77. The molecule has 0 bridgehead atoms. The molecule has 0 fully saturated rings.